The van der Waals surface area contributed by atoms with Crippen molar-refractivity contribution in [1.29, 1.82) is 0 Å². The minimum absolute atomic E-state index is 0. The standard InChI is InChI=1S/3HNO2.Sb/c3*2-1-3;/h3*(H,2,3);/q;;;+3/p-3. The van der Waals surface area contributed by atoms with Crippen molar-refractivity contribution in [3.63, 3.8) is 0 Å². The Morgan fingerprint density at radius 3 is 0.700 bits per heavy atom. The molecule has 0 aliphatic rings. The van der Waals surface area contributed by atoms with E-state index in [2.05, 4.69) is 0 Å². The van der Waals surface area contributed by atoms with E-state index in [0.717, 1.165) is 16.0 Å². The normalized spacial score (nSPS) is 3.60. The molecular weight excluding hydrogens is 260 g/mol. The molecule has 0 aliphatic heterocycles. The van der Waals surface area contributed by atoms with E-state index >= 15 is 0 Å². The first kappa shape index (κ1) is 23.0. The third-order valence-corrected chi connectivity index (χ3v) is 0. The van der Waals surface area contributed by atoms with Crippen molar-refractivity contribution in [2.75, 3.05) is 0 Å². The van der Waals surface area contributed by atoms with Crippen molar-refractivity contribution in [3.8, 4) is 0 Å². The summed E-state index contributed by atoms with van der Waals surface area (Å²) in [5.74, 6) is 0. The van der Waals surface area contributed by atoms with Crippen molar-refractivity contribution < 1.29 is 0 Å². The van der Waals surface area contributed by atoms with E-state index < -0.39 is 0 Å². The Bertz CT molecular complexity index is 49.7. The fourth-order valence-electron chi connectivity index (χ4n) is 0. The largest absolute Gasteiger partial charge is 3.00 e. The summed E-state index contributed by atoms with van der Waals surface area (Å²) in [7, 11) is 0. The molecule has 0 N–H and O–H groups in total. The van der Waals surface area contributed by atoms with Crippen LogP contribution in [-0.2, 0) is 0 Å². The topological polar surface area (TPSA) is 157 Å². The summed E-state index contributed by atoms with van der Waals surface area (Å²) in [6.07, 6.45) is 0. The maximum absolute atomic E-state index is 8.00. The smallest absolute Gasteiger partial charge is 0.444 e. The average molecular weight is 260 g/mol. The molecule has 10 heavy (non-hydrogen) atoms. The van der Waals surface area contributed by atoms with Gasteiger partial charge in [-0.1, -0.05) is 0 Å². The van der Waals surface area contributed by atoms with E-state index in [1.807, 2.05) is 0 Å². The second kappa shape index (κ2) is 97.0. The predicted octanol–water partition coefficient (Wildman–Crippen LogP) is 0.371. The van der Waals surface area contributed by atoms with Crippen LogP contribution in [0.2, 0.25) is 0 Å². The molecule has 0 fully saturated rings. The van der Waals surface area contributed by atoms with Crippen LogP contribution < -0.4 is 0 Å². The summed E-state index contributed by atoms with van der Waals surface area (Å²) in [5, 5.41) is 27.0. The van der Waals surface area contributed by atoms with Crippen LogP contribution in [0, 0.1) is 30.3 Å². The number of hydrogen-bond donors (Lipinski definition) is 0. The zero-order valence-electron chi connectivity index (χ0n) is 4.24. The Kier molecular flexibility index (Phi) is 223. The summed E-state index contributed by atoms with van der Waals surface area (Å²) >= 11 is 0. The third kappa shape index (κ3) is 264. The Morgan fingerprint density at radius 2 is 0.700 bits per heavy atom. The molecule has 0 aromatic rings. The maximum Gasteiger partial charge on any atom is 3.00 e. The molecule has 10 heteroatoms. The first-order chi connectivity index (χ1) is 4.24. The molecule has 0 saturated heterocycles. The zero-order chi connectivity index (χ0) is 8.12. The van der Waals surface area contributed by atoms with Gasteiger partial charge in [-0.05, 0) is 0 Å². The Balaban J connectivity index is -0.0000000257. The molecule has 0 heterocycles. The molecule has 0 unspecified atom stereocenters. The molecule has 0 aromatic heterocycles. The summed E-state index contributed by atoms with van der Waals surface area (Å²) in [5.41, 5.74) is 0. The molecule has 0 amide bonds. The van der Waals surface area contributed by atoms with E-state index in [0.29, 0.717) is 0 Å². The van der Waals surface area contributed by atoms with Crippen LogP contribution in [0.25, 0.3) is 0 Å². The Morgan fingerprint density at radius 1 is 0.700 bits per heavy atom. The first-order valence-corrected chi connectivity index (χ1v) is 1.10. The minimum atomic E-state index is 0. The van der Waals surface area contributed by atoms with Gasteiger partial charge in [0.2, 0.25) is 0 Å². The summed E-state index contributed by atoms with van der Waals surface area (Å²) < 4.78 is 0. The SMILES string of the molecule is O=N[O-].O=N[O-].O=N[O-].[Sb+3]. The predicted molar refractivity (Wildman–Crippen MR) is 33.2 cm³/mol. The van der Waals surface area contributed by atoms with Crippen LogP contribution in [0.3, 0.4) is 0 Å². The molecule has 0 atom stereocenters. The van der Waals surface area contributed by atoms with Crippen molar-refractivity contribution in [2.24, 2.45) is 16.0 Å². The molecule has 2 radical (unpaired) electrons. The second-order valence-corrected chi connectivity index (χ2v) is 0.224. The number of rotatable bonds is 0. The summed E-state index contributed by atoms with van der Waals surface area (Å²) in [4.78, 5) is 24.0. The van der Waals surface area contributed by atoms with Gasteiger partial charge in [-0.25, -0.2) is 0 Å². The Hall–Kier alpha value is -0.982. The molecule has 56 valence electrons. The number of nitrogens with zero attached hydrogens (tertiary/aromatic N) is 3. The van der Waals surface area contributed by atoms with Gasteiger partial charge in [-0.15, -0.1) is 16.0 Å². The summed E-state index contributed by atoms with van der Waals surface area (Å²) in [6.45, 7) is 0. The summed E-state index contributed by atoms with van der Waals surface area (Å²) in [6, 6.07) is 0. The molecule has 0 spiro atoms. The van der Waals surface area contributed by atoms with Crippen LogP contribution in [0.1, 0.15) is 0 Å². The molecule has 9 nitrogen and oxygen atoms in total. The van der Waals surface area contributed by atoms with Gasteiger partial charge in [0.1, 0.15) is 0 Å². The molecule has 0 aliphatic carbocycles. The van der Waals surface area contributed by atoms with E-state index in [4.69, 9.17) is 30.3 Å². The van der Waals surface area contributed by atoms with Crippen LogP contribution in [0.5, 0.6) is 0 Å². The minimum Gasteiger partial charge on any atom is -0.444 e. The third-order valence-electron chi connectivity index (χ3n) is 0. The molecule has 0 bridgehead atoms. The van der Waals surface area contributed by atoms with Gasteiger partial charge < -0.3 is 30.3 Å². The van der Waals surface area contributed by atoms with Crippen molar-refractivity contribution in [3.05, 3.63) is 30.3 Å². The number of hydrogen-bond acceptors (Lipinski definition) is 9. The fraction of sp³-hybridized carbons (Fsp3) is 0. The average Bonchev–Trinajstić information content (AvgIpc) is 1.70. The van der Waals surface area contributed by atoms with Gasteiger partial charge in [-0.2, -0.15) is 0 Å². The molecule has 0 aromatic carbocycles. The van der Waals surface area contributed by atoms with E-state index in [1.54, 1.807) is 0 Å². The maximum atomic E-state index is 8.00. The van der Waals surface area contributed by atoms with Crippen LogP contribution in [0.15, 0.2) is 16.0 Å². The first-order valence-electron chi connectivity index (χ1n) is 1.10. The molecule has 0 saturated carbocycles. The van der Waals surface area contributed by atoms with Crippen molar-refractivity contribution in [2.45, 2.75) is 0 Å². The quantitative estimate of drug-likeness (QED) is 0.347. The van der Waals surface area contributed by atoms with Gasteiger partial charge in [0.25, 0.3) is 0 Å². The fourth-order valence-corrected chi connectivity index (χ4v) is 0. The monoisotopic (exact) mass is 259 g/mol. The van der Waals surface area contributed by atoms with Crippen molar-refractivity contribution in [1.82, 2.24) is 0 Å². The van der Waals surface area contributed by atoms with E-state index in [1.165, 1.54) is 0 Å². The van der Waals surface area contributed by atoms with Gasteiger partial charge >= 0.3 is 24.4 Å². The zero-order valence-corrected chi connectivity index (χ0v) is 6.79. The van der Waals surface area contributed by atoms with E-state index in [9.17, 15) is 0 Å². The molecule has 0 rings (SSSR count). The second-order valence-electron chi connectivity index (χ2n) is 0.224. The van der Waals surface area contributed by atoms with Gasteiger partial charge in [-0.3, -0.25) is 0 Å². The van der Waals surface area contributed by atoms with Crippen LogP contribution in [-0.4, -0.2) is 24.4 Å². The van der Waals surface area contributed by atoms with Gasteiger partial charge in [0.15, 0.2) is 0 Å². The molecular formula is N3O6Sb. The van der Waals surface area contributed by atoms with Gasteiger partial charge in [0.05, 0.1) is 0 Å². The van der Waals surface area contributed by atoms with Gasteiger partial charge in [0, 0.05) is 0 Å². The van der Waals surface area contributed by atoms with Crippen LogP contribution in [0.4, 0.5) is 0 Å². The van der Waals surface area contributed by atoms with E-state index in [-0.39, 0.29) is 24.4 Å². The van der Waals surface area contributed by atoms with Crippen molar-refractivity contribution >= 4 is 24.4 Å². The van der Waals surface area contributed by atoms with Crippen LogP contribution >= 0.6 is 0 Å². The Labute approximate surface area is 71.3 Å².